The molecule has 4 heteroatoms. The zero-order valence-corrected chi connectivity index (χ0v) is 18.7. The van der Waals surface area contributed by atoms with Crippen molar-refractivity contribution in [2.75, 3.05) is 13.2 Å². The molecular weight excluding hydrogens is 352 g/mol. The van der Waals surface area contributed by atoms with Crippen LogP contribution in [0.25, 0.3) is 0 Å². The number of rotatable bonds is 15. The van der Waals surface area contributed by atoms with Gasteiger partial charge >= 0.3 is 11.9 Å². The van der Waals surface area contributed by atoms with E-state index in [1.54, 1.807) is 0 Å². The maximum absolute atomic E-state index is 12.5. The van der Waals surface area contributed by atoms with Crippen LogP contribution in [0.5, 0.6) is 0 Å². The smallest absolute Gasteiger partial charge is 0.309 e. The van der Waals surface area contributed by atoms with Crippen LogP contribution in [0.2, 0.25) is 0 Å². The Hall–Kier alpha value is -1.06. The number of unbranched alkanes of at least 4 members (excludes halogenated alkanes) is 8. The van der Waals surface area contributed by atoms with Crippen molar-refractivity contribution in [2.24, 2.45) is 17.8 Å². The first-order valence-electron chi connectivity index (χ1n) is 11.9. The fourth-order valence-electron chi connectivity index (χ4n) is 3.84. The highest BCUT2D eigenvalue weighted by Gasteiger charge is 2.37. The molecule has 0 bridgehead atoms. The summed E-state index contributed by atoms with van der Waals surface area (Å²) in [6.45, 7) is 7.34. The van der Waals surface area contributed by atoms with Crippen molar-refractivity contribution in [1.82, 2.24) is 0 Å². The molecular formula is C24H44O4. The Kier molecular flexibility index (Phi) is 14.1. The first kappa shape index (κ1) is 25.0. The van der Waals surface area contributed by atoms with E-state index in [-0.39, 0.29) is 23.8 Å². The van der Waals surface area contributed by atoms with Crippen LogP contribution in [0.15, 0.2) is 0 Å². The zero-order chi connectivity index (χ0) is 20.6. The second-order valence-electron chi connectivity index (χ2n) is 8.64. The number of ether oxygens (including phenoxy) is 2. The Bertz CT molecular complexity index is 421. The van der Waals surface area contributed by atoms with E-state index < -0.39 is 0 Å². The summed E-state index contributed by atoms with van der Waals surface area (Å²) < 4.78 is 11.0. The molecule has 28 heavy (non-hydrogen) atoms. The summed E-state index contributed by atoms with van der Waals surface area (Å²) in [5, 5.41) is 0. The molecule has 3 unspecified atom stereocenters. The fraction of sp³-hybridized carbons (Fsp3) is 0.917. The summed E-state index contributed by atoms with van der Waals surface area (Å²) in [6, 6.07) is 0. The molecule has 0 aliphatic heterocycles. The molecule has 0 saturated heterocycles. The summed E-state index contributed by atoms with van der Waals surface area (Å²) in [5.41, 5.74) is 0. The van der Waals surface area contributed by atoms with Crippen molar-refractivity contribution in [3.05, 3.63) is 0 Å². The standard InChI is InChI=1S/C24H44O4/c1-4-6-7-8-9-10-11-12-15-18-27-23(25)21-16-13-14-17-22(21)24(26)28-19-20(3)5-2/h20-22H,4-19H2,1-3H3. The van der Waals surface area contributed by atoms with E-state index in [9.17, 15) is 9.59 Å². The van der Waals surface area contributed by atoms with Crippen LogP contribution >= 0.6 is 0 Å². The van der Waals surface area contributed by atoms with Crippen molar-refractivity contribution in [2.45, 2.75) is 111 Å². The van der Waals surface area contributed by atoms with Crippen LogP contribution < -0.4 is 0 Å². The summed E-state index contributed by atoms with van der Waals surface area (Å²) in [6.07, 6.45) is 15.7. The van der Waals surface area contributed by atoms with Gasteiger partial charge in [-0.15, -0.1) is 0 Å². The lowest BCUT2D eigenvalue weighted by molar-refractivity contribution is -0.163. The molecule has 1 rings (SSSR count). The van der Waals surface area contributed by atoms with E-state index in [0.29, 0.717) is 19.1 Å². The molecule has 0 radical (unpaired) electrons. The van der Waals surface area contributed by atoms with Crippen molar-refractivity contribution >= 4 is 11.9 Å². The molecule has 0 heterocycles. The maximum Gasteiger partial charge on any atom is 0.309 e. The van der Waals surface area contributed by atoms with Gasteiger partial charge in [0, 0.05) is 0 Å². The molecule has 1 aliphatic carbocycles. The molecule has 3 atom stereocenters. The van der Waals surface area contributed by atoms with E-state index in [2.05, 4.69) is 20.8 Å². The molecule has 1 fully saturated rings. The Balaban J connectivity index is 2.21. The minimum absolute atomic E-state index is 0.190. The van der Waals surface area contributed by atoms with Crippen molar-refractivity contribution in [3.8, 4) is 0 Å². The van der Waals surface area contributed by atoms with Gasteiger partial charge in [0.1, 0.15) is 0 Å². The SMILES string of the molecule is CCCCCCCCCCCOC(=O)C1CCCCC1C(=O)OCC(C)CC. The van der Waals surface area contributed by atoms with Gasteiger partial charge in [-0.25, -0.2) is 0 Å². The number of carbonyl (C=O) groups excluding carboxylic acids is 2. The Morgan fingerprint density at radius 3 is 1.82 bits per heavy atom. The second-order valence-corrected chi connectivity index (χ2v) is 8.64. The quantitative estimate of drug-likeness (QED) is 0.235. The van der Waals surface area contributed by atoms with Gasteiger partial charge in [0.25, 0.3) is 0 Å². The number of carbonyl (C=O) groups is 2. The Labute approximate surface area is 173 Å². The molecule has 164 valence electrons. The van der Waals surface area contributed by atoms with Gasteiger partial charge < -0.3 is 9.47 Å². The van der Waals surface area contributed by atoms with Gasteiger partial charge in [0.05, 0.1) is 25.0 Å². The summed E-state index contributed by atoms with van der Waals surface area (Å²) in [4.78, 5) is 25.0. The number of esters is 2. The van der Waals surface area contributed by atoms with Crippen LogP contribution in [0.3, 0.4) is 0 Å². The average molecular weight is 397 g/mol. The van der Waals surface area contributed by atoms with E-state index in [0.717, 1.165) is 44.9 Å². The van der Waals surface area contributed by atoms with Crippen molar-refractivity contribution in [1.29, 1.82) is 0 Å². The predicted molar refractivity (Wildman–Crippen MR) is 114 cm³/mol. The van der Waals surface area contributed by atoms with E-state index in [1.165, 1.54) is 44.9 Å². The Morgan fingerprint density at radius 1 is 0.786 bits per heavy atom. The lowest BCUT2D eigenvalue weighted by Crippen LogP contribution is -2.35. The van der Waals surface area contributed by atoms with Crippen LogP contribution in [0.4, 0.5) is 0 Å². The van der Waals surface area contributed by atoms with Gasteiger partial charge in [-0.05, 0) is 25.2 Å². The average Bonchev–Trinajstić information content (AvgIpc) is 2.72. The van der Waals surface area contributed by atoms with E-state index >= 15 is 0 Å². The van der Waals surface area contributed by atoms with Crippen molar-refractivity contribution < 1.29 is 19.1 Å². The lowest BCUT2D eigenvalue weighted by atomic mass is 9.79. The van der Waals surface area contributed by atoms with Gasteiger partial charge in [0.2, 0.25) is 0 Å². The highest BCUT2D eigenvalue weighted by Crippen LogP contribution is 2.32. The molecule has 0 N–H and O–H groups in total. The summed E-state index contributed by atoms with van der Waals surface area (Å²) >= 11 is 0. The van der Waals surface area contributed by atoms with Crippen molar-refractivity contribution in [3.63, 3.8) is 0 Å². The molecule has 0 spiro atoms. The largest absolute Gasteiger partial charge is 0.465 e. The molecule has 0 aromatic heterocycles. The van der Waals surface area contributed by atoms with Crippen LogP contribution in [0, 0.1) is 17.8 Å². The zero-order valence-electron chi connectivity index (χ0n) is 18.7. The molecule has 0 aromatic carbocycles. The topological polar surface area (TPSA) is 52.6 Å². The third kappa shape index (κ3) is 10.5. The minimum Gasteiger partial charge on any atom is -0.465 e. The molecule has 0 aromatic rings. The molecule has 0 amide bonds. The lowest BCUT2D eigenvalue weighted by Gasteiger charge is -2.28. The summed E-state index contributed by atoms with van der Waals surface area (Å²) in [5.74, 6) is -0.649. The third-order valence-electron chi connectivity index (χ3n) is 6.07. The molecule has 1 saturated carbocycles. The normalized spacial score (nSPS) is 20.5. The highest BCUT2D eigenvalue weighted by atomic mass is 16.5. The van der Waals surface area contributed by atoms with Gasteiger partial charge in [-0.2, -0.15) is 0 Å². The fourth-order valence-corrected chi connectivity index (χ4v) is 3.84. The second kappa shape index (κ2) is 15.8. The number of hydrogen-bond donors (Lipinski definition) is 0. The first-order valence-corrected chi connectivity index (χ1v) is 11.9. The Morgan fingerprint density at radius 2 is 1.29 bits per heavy atom. The van der Waals surface area contributed by atoms with Crippen LogP contribution in [0.1, 0.15) is 111 Å². The minimum atomic E-state index is -0.312. The predicted octanol–water partition coefficient (Wildman–Crippen LogP) is 6.46. The first-order chi connectivity index (χ1) is 13.6. The van der Waals surface area contributed by atoms with Gasteiger partial charge in [-0.3, -0.25) is 9.59 Å². The van der Waals surface area contributed by atoms with E-state index in [1.807, 2.05) is 0 Å². The molecule has 1 aliphatic rings. The van der Waals surface area contributed by atoms with E-state index in [4.69, 9.17) is 9.47 Å². The van der Waals surface area contributed by atoms with Gasteiger partial charge in [-0.1, -0.05) is 91.4 Å². The molecule has 4 nitrogen and oxygen atoms in total. The third-order valence-corrected chi connectivity index (χ3v) is 6.07. The van der Waals surface area contributed by atoms with Crippen LogP contribution in [-0.4, -0.2) is 25.2 Å². The highest BCUT2D eigenvalue weighted by molar-refractivity contribution is 5.82. The number of hydrogen-bond acceptors (Lipinski definition) is 4. The maximum atomic E-state index is 12.5. The van der Waals surface area contributed by atoms with Crippen LogP contribution in [-0.2, 0) is 19.1 Å². The van der Waals surface area contributed by atoms with Gasteiger partial charge in [0.15, 0.2) is 0 Å². The monoisotopic (exact) mass is 396 g/mol. The summed E-state index contributed by atoms with van der Waals surface area (Å²) in [7, 11) is 0.